The highest BCUT2D eigenvalue weighted by Crippen LogP contribution is 2.34. The number of carboxylic acid groups (broad SMARTS) is 1. The zero-order valence-electron chi connectivity index (χ0n) is 22.4. The highest BCUT2D eigenvalue weighted by molar-refractivity contribution is 5.94. The summed E-state index contributed by atoms with van der Waals surface area (Å²) in [7, 11) is 4.21. The Kier molecular flexibility index (Phi) is 6.71. The quantitative estimate of drug-likeness (QED) is 0.329. The van der Waals surface area contributed by atoms with Crippen molar-refractivity contribution in [2.45, 2.75) is 32.9 Å². The highest BCUT2D eigenvalue weighted by Gasteiger charge is 2.28. The molecule has 0 amide bonds. The van der Waals surface area contributed by atoms with Crippen LogP contribution in [-0.4, -0.2) is 49.2 Å². The smallest absolute Gasteiger partial charge is 0.337 e. The van der Waals surface area contributed by atoms with Crippen molar-refractivity contribution in [3.8, 4) is 11.3 Å². The second-order valence-electron chi connectivity index (χ2n) is 10.4. The van der Waals surface area contributed by atoms with E-state index in [0.717, 1.165) is 35.5 Å². The molecule has 1 aromatic heterocycles. The number of carbonyl (C=O) groups is 1. The van der Waals surface area contributed by atoms with Crippen LogP contribution >= 0.6 is 0 Å². The third kappa shape index (κ3) is 4.65. The number of hydrogen-bond acceptors (Lipinski definition) is 6. The van der Waals surface area contributed by atoms with Crippen LogP contribution in [0, 0.1) is 13.8 Å². The molecule has 0 radical (unpaired) electrons. The maximum absolute atomic E-state index is 13.5. The van der Waals surface area contributed by atoms with Crippen molar-refractivity contribution in [2.75, 3.05) is 37.4 Å². The molecular formula is C31H33N3O4. The third-order valence-corrected chi connectivity index (χ3v) is 7.48. The molecule has 0 unspecified atom stereocenters. The molecule has 2 heterocycles. The van der Waals surface area contributed by atoms with Gasteiger partial charge in [-0.2, -0.15) is 0 Å². The van der Waals surface area contributed by atoms with Crippen LogP contribution < -0.4 is 15.6 Å². The van der Waals surface area contributed by atoms with Gasteiger partial charge in [0, 0.05) is 47.2 Å². The molecule has 1 saturated heterocycles. The number of anilines is 2. The molecule has 0 aliphatic carbocycles. The minimum absolute atomic E-state index is 0.0648. The van der Waals surface area contributed by atoms with Crippen LogP contribution in [0.1, 0.15) is 40.0 Å². The molecule has 2 N–H and O–H groups in total. The van der Waals surface area contributed by atoms with Gasteiger partial charge in [0.25, 0.3) is 0 Å². The van der Waals surface area contributed by atoms with E-state index in [1.165, 1.54) is 0 Å². The van der Waals surface area contributed by atoms with E-state index in [0.29, 0.717) is 34.0 Å². The average Bonchev–Trinajstić information content (AvgIpc) is 2.85. The first-order valence-electron chi connectivity index (χ1n) is 12.8. The van der Waals surface area contributed by atoms with Crippen molar-refractivity contribution in [1.82, 2.24) is 4.90 Å². The number of para-hydroxylation sites is 1. The number of carboxylic acids is 1. The number of likely N-dealkylation sites (N-methyl/N-ethyl adjacent to an activating group) is 1. The summed E-state index contributed by atoms with van der Waals surface area (Å²) in [4.78, 5) is 29.8. The van der Waals surface area contributed by atoms with Gasteiger partial charge in [0.1, 0.15) is 11.3 Å². The summed E-state index contributed by atoms with van der Waals surface area (Å²) in [5, 5.41) is 13.4. The normalized spacial score (nSPS) is 14.5. The molecular weight excluding hydrogens is 478 g/mol. The zero-order valence-corrected chi connectivity index (χ0v) is 22.4. The lowest BCUT2D eigenvalue weighted by Crippen LogP contribution is -2.57. The van der Waals surface area contributed by atoms with E-state index in [1.54, 1.807) is 31.2 Å². The van der Waals surface area contributed by atoms with Crippen LogP contribution in [0.15, 0.2) is 69.9 Å². The van der Waals surface area contributed by atoms with Crippen LogP contribution in [0.5, 0.6) is 0 Å². The van der Waals surface area contributed by atoms with Crippen LogP contribution in [-0.2, 0) is 0 Å². The first-order chi connectivity index (χ1) is 18.1. The van der Waals surface area contributed by atoms with Crippen LogP contribution in [0.25, 0.3) is 22.3 Å². The summed E-state index contributed by atoms with van der Waals surface area (Å²) >= 11 is 0. The summed E-state index contributed by atoms with van der Waals surface area (Å²) in [6.07, 6.45) is 0. The Morgan fingerprint density at radius 2 is 1.76 bits per heavy atom. The Labute approximate surface area is 222 Å². The fourth-order valence-corrected chi connectivity index (χ4v) is 5.09. The molecule has 7 heteroatoms. The SMILES string of the molecule is Cc1cc([C@@H](C)Nc2ccccc2C(=O)O)c2oc(-c3ccc(N4CC(N(C)C)C4)cc3)c(C)c(=O)c2c1. The predicted octanol–water partition coefficient (Wildman–Crippen LogP) is 5.70. The lowest BCUT2D eigenvalue weighted by Gasteiger charge is -2.44. The van der Waals surface area contributed by atoms with Gasteiger partial charge in [0.2, 0.25) is 0 Å². The molecule has 5 rings (SSSR count). The van der Waals surface area contributed by atoms with Crippen molar-refractivity contribution >= 4 is 28.3 Å². The van der Waals surface area contributed by atoms with E-state index >= 15 is 0 Å². The van der Waals surface area contributed by atoms with Crippen molar-refractivity contribution in [3.05, 3.63) is 93.1 Å². The molecule has 1 fully saturated rings. The number of aryl methyl sites for hydroxylation is 1. The number of hydrogen-bond donors (Lipinski definition) is 2. The largest absolute Gasteiger partial charge is 0.478 e. The lowest BCUT2D eigenvalue weighted by atomic mass is 9.98. The van der Waals surface area contributed by atoms with E-state index in [1.807, 2.05) is 38.1 Å². The average molecular weight is 512 g/mol. The van der Waals surface area contributed by atoms with Gasteiger partial charge in [-0.1, -0.05) is 18.2 Å². The zero-order chi connectivity index (χ0) is 27.1. The third-order valence-electron chi connectivity index (χ3n) is 7.48. The summed E-state index contributed by atoms with van der Waals surface area (Å²) in [6, 6.07) is 19.1. The minimum atomic E-state index is -1.00. The van der Waals surface area contributed by atoms with Crippen LogP contribution in [0.2, 0.25) is 0 Å². The number of rotatable bonds is 7. The Hall–Kier alpha value is -4.10. The van der Waals surface area contributed by atoms with Gasteiger partial charge in [-0.15, -0.1) is 0 Å². The van der Waals surface area contributed by atoms with Crippen molar-refractivity contribution < 1.29 is 14.3 Å². The molecule has 196 valence electrons. The Morgan fingerprint density at radius 1 is 1.08 bits per heavy atom. The van der Waals surface area contributed by atoms with Crippen molar-refractivity contribution in [2.24, 2.45) is 0 Å². The number of nitrogens with one attached hydrogen (secondary N) is 1. The second kappa shape index (κ2) is 9.99. The molecule has 7 nitrogen and oxygen atoms in total. The molecule has 0 saturated carbocycles. The lowest BCUT2D eigenvalue weighted by molar-refractivity contribution is 0.0698. The monoisotopic (exact) mass is 511 g/mol. The molecule has 0 bridgehead atoms. The van der Waals surface area contributed by atoms with Crippen LogP contribution in [0.3, 0.4) is 0 Å². The van der Waals surface area contributed by atoms with E-state index < -0.39 is 5.97 Å². The summed E-state index contributed by atoms with van der Waals surface area (Å²) < 4.78 is 6.49. The predicted molar refractivity (Wildman–Crippen MR) is 153 cm³/mol. The molecule has 1 aliphatic rings. The Bertz CT molecular complexity index is 1570. The van der Waals surface area contributed by atoms with Gasteiger partial charge in [-0.3, -0.25) is 4.79 Å². The van der Waals surface area contributed by atoms with Gasteiger partial charge < -0.3 is 24.6 Å². The van der Waals surface area contributed by atoms with Gasteiger partial charge in [-0.05, 0) is 82.9 Å². The number of benzene rings is 3. The van der Waals surface area contributed by atoms with Crippen molar-refractivity contribution in [3.63, 3.8) is 0 Å². The molecule has 1 aliphatic heterocycles. The summed E-state index contributed by atoms with van der Waals surface area (Å²) in [6.45, 7) is 7.68. The molecule has 38 heavy (non-hydrogen) atoms. The number of fused-ring (bicyclic) bond motifs is 1. The number of nitrogens with zero attached hydrogens (tertiary/aromatic N) is 2. The fourth-order valence-electron chi connectivity index (χ4n) is 5.09. The maximum Gasteiger partial charge on any atom is 0.337 e. The highest BCUT2D eigenvalue weighted by atomic mass is 16.4. The van der Waals surface area contributed by atoms with E-state index in [4.69, 9.17) is 4.42 Å². The molecule has 3 aromatic carbocycles. The van der Waals surface area contributed by atoms with Crippen molar-refractivity contribution in [1.29, 1.82) is 0 Å². The van der Waals surface area contributed by atoms with E-state index in [2.05, 4.69) is 41.3 Å². The topological polar surface area (TPSA) is 86.0 Å². The Morgan fingerprint density at radius 3 is 2.42 bits per heavy atom. The second-order valence-corrected chi connectivity index (χ2v) is 10.4. The van der Waals surface area contributed by atoms with E-state index in [9.17, 15) is 14.7 Å². The first kappa shape index (κ1) is 25.5. The van der Waals surface area contributed by atoms with E-state index in [-0.39, 0.29) is 17.0 Å². The van der Waals surface area contributed by atoms with Gasteiger partial charge in [-0.25, -0.2) is 4.79 Å². The maximum atomic E-state index is 13.5. The van der Waals surface area contributed by atoms with Gasteiger partial charge >= 0.3 is 5.97 Å². The fraction of sp³-hybridized carbons (Fsp3) is 0.290. The summed E-state index contributed by atoms with van der Waals surface area (Å²) in [5.74, 6) is -0.454. The molecule has 0 spiro atoms. The Balaban J connectivity index is 1.53. The van der Waals surface area contributed by atoms with Crippen LogP contribution in [0.4, 0.5) is 11.4 Å². The minimum Gasteiger partial charge on any atom is -0.478 e. The summed E-state index contributed by atoms with van der Waals surface area (Å²) in [5.41, 5.74) is 5.43. The molecule has 4 aromatic rings. The first-order valence-corrected chi connectivity index (χ1v) is 12.8. The van der Waals surface area contributed by atoms with Gasteiger partial charge in [0.05, 0.1) is 17.0 Å². The standard InChI is InChI=1S/C31H33N3O4/c1-18-14-25(20(3)32-27-9-7-6-8-24(27)31(36)37)30-26(15-18)28(35)19(2)29(38-30)21-10-12-22(13-11-21)34-16-23(17-34)33(4)5/h6-15,20,23,32H,16-17H2,1-5H3,(H,36,37)/t20-/m1/s1. The molecule has 1 atom stereocenters. The number of aromatic carboxylic acids is 1. The van der Waals surface area contributed by atoms with Gasteiger partial charge in [0.15, 0.2) is 5.43 Å².